The van der Waals surface area contributed by atoms with Gasteiger partial charge in [-0.1, -0.05) is 58.4 Å². The molecule has 2 aromatic carbocycles. The first-order chi connectivity index (χ1) is 8.22. The average molecular weight is 291 g/mol. The molecule has 2 aromatic rings. The van der Waals surface area contributed by atoms with E-state index in [1.807, 2.05) is 18.2 Å². The van der Waals surface area contributed by atoms with E-state index in [0.29, 0.717) is 0 Å². The smallest absolute Gasteiger partial charge is 0.0710 e. The summed E-state index contributed by atoms with van der Waals surface area (Å²) < 4.78 is 1.12. The maximum Gasteiger partial charge on any atom is 0.0710 e. The molecule has 0 saturated carbocycles. The van der Waals surface area contributed by atoms with Crippen molar-refractivity contribution in [2.24, 2.45) is 5.84 Å². The second-order valence-electron chi connectivity index (χ2n) is 4.02. The predicted octanol–water partition coefficient (Wildman–Crippen LogP) is 3.31. The molecule has 0 aromatic heterocycles. The molecule has 2 nitrogen and oxygen atoms in total. The lowest BCUT2D eigenvalue weighted by Gasteiger charge is -2.17. The van der Waals surface area contributed by atoms with Crippen molar-refractivity contribution in [3.63, 3.8) is 0 Å². The number of hydrogen-bond acceptors (Lipinski definition) is 2. The molecule has 0 fully saturated rings. The van der Waals surface area contributed by atoms with E-state index < -0.39 is 0 Å². The molecule has 0 bridgehead atoms. The molecule has 0 aliphatic heterocycles. The maximum atomic E-state index is 5.66. The van der Waals surface area contributed by atoms with Crippen LogP contribution in [-0.4, -0.2) is 0 Å². The van der Waals surface area contributed by atoms with Crippen LogP contribution >= 0.6 is 15.9 Å². The minimum Gasteiger partial charge on any atom is -0.271 e. The Morgan fingerprint density at radius 3 is 2.35 bits per heavy atom. The van der Waals surface area contributed by atoms with E-state index >= 15 is 0 Å². The highest BCUT2D eigenvalue weighted by Crippen LogP contribution is 2.25. The molecule has 0 aliphatic rings. The van der Waals surface area contributed by atoms with Crippen molar-refractivity contribution in [1.29, 1.82) is 0 Å². The number of nitrogens with one attached hydrogen (secondary N) is 1. The van der Waals surface area contributed by atoms with E-state index in [4.69, 9.17) is 5.84 Å². The fourth-order valence-corrected chi connectivity index (χ4v) is 2.12. The lowest BCUT2D eigenvalue weighted by atomic mass is 9.98. The van der Waals surface area contributed by atoms with E-state index in [1.165, 1.54) is 11.1 Å². The van der Waals surface area contributed by atoms with Gasteiger partial charge in [0, 0.05) is 4.47 Å². The van der Waals surface area contributed by atoms with E-state index in [2.05, 4.69) is 58.6 Å². The molecule has 2 rings (SSSR count). The third kappa shape index (κ3) is 2.75. The minimum absolute atomic E-state index is 0.0306. The first-order valence-corrected chi connectivity index (χ1v) is 6.29. The summed E-state index contributed by atoms with van der Waals surface area (Å²) in [5.74, 6) is 5.66. The molecule has 0 heterocycles. The van der Waals surface area contributed by atoms with Crippen molar-refractivity contribution in [3.8, 4) is 0 Å². The summed E-state index contributed by atoms with van der Waals surface area (Å²) in [4.78, 5) is 0. The topological polar surface area (TPSA) is 38.0 Å². The first-order valence-electron chi connectivity index (χ1n) is 5.49. The molecular formula is C14H15BrN2. The van der Waals surface area contributed by atoms with Crippen molar-refractivity contribution in [2.45, 2.75) is 13.0 Å². The number of halogens is 1. The number of nitrogens with two attached hydrogens (primary N) is 1. The molecule has 1 atom stereocenters. The Morgan fingerprint density at radius 1 is 1.06 bits per heavy atom. The second-order valence-corrected chi connectivity index (χ2v) is 4.87. The number of benzene rings is 2. The van der Waals surface area contributed by atoms with Crippen LogP contribution in [0.3, 0.4) is 0 Å². The normalized spacial score (nSPS) is 12.4. The van der Waals surface area contributed by atoms with Crippen LogP contribution in [0.4, 0.5) is 0 Å². The van der Waals surface area contributed by atoms with E-state index in [-0.39, 0.29) is 6.04 Å². The van der Waals surface area contributed by atoms with Gasteiger partial charge in [0.05, 0.1) is 6.04 Å². The van der Waals surface area contributed by atoms with Crippen LogP contribution in [-0.2, 0) is 0 Å². The van der Waals surface area contributed by atoms with Crippen molar-refractivity contribution < 1.29 is 0 Å². The summed E-state index contributed by atoms with van der Waals surface area (Å²) in [6.07, 6.45) is 0. The Labute approximate surface area is 110 Å². The summed E-state index contributed by atoms with van der Waals surface area (Å²) in [6, 6.07) is 16.5. The second kappa shape index (κ2) is 5.45. The van der Waals surface area contributed by atoms with Crippen molar-refractivity contribution >= 4 is 15.9 Å². The van der Waals surface area contributed by atoms with Crippen molar-refractivity contribution in [3.05, 3.63) is 69.7 Å². The Kier molecular flexibility index (Phi) is 3.94. The fourth-order valence-electron chi connectivity index (χ4n) is 1.88. The summed E-state index contributed by atoms with van der Waals surface area (Å²) >= 11 is 3.50. The van der Waals surface area contributed by atoms with Crippen molar-refractivity contribution in [2.75, 3.05) is 0 Å². The van der Waals surface area contributed by atoms with Crippen LogP contribution in [0, 0.1) is 6.92 Å². The molecule has 0 aliphatic carbocycles. The van der Waals surface area contributed by atoms with Gasteiger partial charge in [0.1, 0.15) is 0 Å². The Hall–Kier alpha value is -1.16. The van der Waals surface area contributed by atoms with Gasteiger partial charge in [0.15, 0.2) is 0 Å². The third-order valence-corrected chi connectivity index (χ3v) is 3.70. The highest BCUT2D eigenvalue weighted by Gasteiger charge is 2.12. The lowest BCUT2D eigenvalue weighted by Crippen LogP contribution is -2.28. The molecule has 0 spiro atoms. The Bertz CT molecular complexity index is 497. The molecule has 1 unspecified atom stereocenters. The number of rotatable bonds is 3. The number of hydrazine groups is 1. The van der Waals surface area contributed by atoms with Gasteiger partial charge >= 0.3 is 0 Å². The summed E-state index contributed by atoms with van der Waals surface area (Å²) in [6.45, 7) is 2.08. The van der Waals surface area contributed by atoms with Gasteiger partial charge in [0.25, 0.3) is 0 Å². The van der Waals surface area contributed by atoms with Crippen molar-refractivity contribution in [1.82, 2.24) is 5.43 Å². The van der Waals surface area contributed by atoms with Crippen LogP contribution in [0.2, 0.25) is 0 Å². The Morgan fingerprint density at radius 2 is 1.76 bits per heavy atom. The standard InChI is InChI=1S/C14H15BrN2/c1-10-9-12(7-8-13(10)15)14(17-16)11-5-3-2-4-6-11/h2-9,14,17H,16H2,1H3. The molecule has 17 heavy (non-hydrogen) atoms. The summed E-state index contributed by atoms with van der Waals surface area (Å²) in [5.41, 5.74) is 6.40. The predicted molar refractivity (Wildman–Crippen MR) is 74.5 cm³/mol. The van der Waals surface area contributed by atoms with Crippen LogP contribution in [0.15, 0.2) is 53.0 Å². The van der Waals surface area contributed by atoms with Crippen LogP contribution in [0.1, 0.15) is 22.7 Å². The van der Waals surface area contributed by atoms with E-state index in [1.54, 1.807) is 0 Å². The molecule has 0 radical (unpaired) electrons. The fraction of sp³-hybridized carbons (Fsp3) is 0.143. The quantitative estimate of drug-likeness (QED) is 0.672. The summed E-state index contributed by atoms with van der Waals surface area (Å²) in [5, 5.41) is 0. The zero-order valence-corrected chi connectivity index (χ0v) is 11.2. The van der Waals surface area contributed by atoms with E-state index in [9.17, 15) is 0 Å². The number of hydrogen-bond donors (Lipinski definition) is 2. The zero-order valence-electron chi connectivity index (χ0n) is 9.65. The molecule has 3 heteroatoms. The third-order valence-electron chi connectivity index (χ3n) is 2.81. The van der Waals surface area contributed by atoms with Gasteiger partial charge in [-0.3, -0.25) is 5.84 Å². The van der Waals surface area contributed by atoms with Gasteiger partial charge in [-0.2, -0.15) is 0 Å². The van der Waals surface area contributed by atoms with Crippen LogP contribution in [0.5, 0.6) is 0 Å². The Balaban J connectivity index is 2.39. The molecule has 3 N–H and O–H groups in total. The SMILES string of the molecule is Cc1cc(C(NN)c2ccccc2)ccc1Br. The lowest BCUT2D eigenvalue weighted by molar-refractivity contribution is 0.636. The zero-order chi connectivity index (χ0) is 12.3. The van der Waals surface area contributed by atoms with Gasteiger partial charge in [-0.25, -0.2) is 5.43 Å². The van der Waals surface area contributed by atoms with Crippen LogP contribution < -0.4 is 11.3 Å². The van der Waals surface area contributed by atoms with E-state index in [0.717, 1.165) is 10.0 Å². The maximum absolute atomic E-state index is 5.66. The summed E-state index contributed by atoms with van der Waals surface area (Å²) in [7, 11) is 0. The number of aryl methyl sites for hydroxylation is 1. The monoisotopic (exact) mass is 290 g/mol. The molecule has 88 valence electrons. The van der Waals surface area contributed by atoms with Crippen LogP contribution in [0.25, 0.3) is 0 Å². The average Bonchev–Trinajstić information content (AvgIpc) is 2.36. The largest absolute Gasteiger partial charge is 0.271 e. The highest BCUT2D eigenvalue weighted by atomic mass is 79.9. The van der Waals surface area contributed by atoms with Gasteiger partial charge < -0.3 is 0 Å². The minimum atomic E-state index is 0.0306. The van der Waals surface area contributed by atoms with Gasteiger partial charge in [-0.15, -0.1) is 0 Å². The van der Waals surface area contributed by atoms with Gasteiger partial charge in [-0.05, 0) is 29.7 Å². The molecule has 0 saturated heterocycles. The van der Waals surface area contributed by atoms with Gasteiger partial charge in [0.2, 0.25) is 0 Å². The molecular weight excluding hydrogens is 276 g/mol. The molecule has 0 amide bonds. The highest BCUT2D eigenvalue weighted by molar-refractivity contribution is 9.10. The first kappa shape index (κ1) is 12.3.